The summed E-state index contributed by atoms with van der Waals surface area (Å²) in [6.45, 7) is 2.34. The normalized spacial score (nSPS) is 18.4. The van der Waals surface area contributed by atoms with Crippen molar-refractivity contribution < 1.29 is 9.90 Å². The molecular weight excluding hydrogens is 428 g/mol. The molecule has 4 nitrogen and oxygen atoms in total. The molecule has 0 saturated carbocycles. The SMILES string of the molecule is Cc1c(C2(O)C(=O)N(Cc3ccccc3)c3ccc(Br)cc32)[nH]c2ccccc12. The number of hydrogen-bond acceptors (Lipinski definition) is 2. The molecule has 29 heavy (non-hydrogen) atoms. The number of aryl methyl sites for hydroxylation is 1. The van der Waals surface area contributed by atoms with E-state index in [0.717, 1.165) is 32.2 Å². The van der Waals surface area contributed by atoms with Crippen molar-refractivity contribution in [2.24, 2.45) is 0 Å². The lowest BCUT2D eigenvalue weighted by atomic mass is 9.89. The number of aliphatic hydroxyl groups is 1. The second-order valence-corrected chi connectivity index (χ2v) is 8.34. The summed E-state index contributed by atoms with van der Waals surface area (Å²) in [5, 5.41) is 12.9. The van der Waals surface area contributed by atoms with Crippen molar-refractivity contribution in [3.63, 3.8) is 0 Å². The highest BCUT2D eigenvalue weighted by molar-refractivity contribution is 9.10. The summed E-state index contributed by atoms with van der Waals surface area (Å²) in [5.74, 6) is -0.343. The highest BCUT2D eigenvalue weighted by atomic mass is 79.9. The van der Waals surface area contributed by atoms with Gasteiger partial charge in [-0.2, -0.15) is 0 Å². The van der Waals surface area contributed by atoms with E-state index in [2.05, 4.69) is 20.9 Å². The van der Waals surface area contributed by atoms with E-state index in [1.165, 1.54) is 0 Å². The molecule has 3 aromatic carbocycles. The van der Waals surface area contributed by atoms with Crippen LogP contribution in [0.3, 0.4) is 0 Å². The Hall–Kier alpha value is -2.89. The lowest BCUT2D eigenvalue weighted by molar-refractivity contribution is -0.132. The second kappa shape index (κ2) is 6.58. The summed E-state index contributed by atoms with van der Waals surface area (Å²) >= 11 is 3.50. The molecule has 1 aromatic heterocycles. The van der Waals surface area contributed by atoms with E-state index in [4.69, 9.17) is 0 Å². The fraction of sp³-hybridized carbons (Fsp3) is 0.125. The molecular formula is C24H19BrN2O2. The van der Waals surface area contributed by atoms with Crippen molar-refractivity contribution in [1.29, 1.82) is 0 Å². The Labute approximate surface area is 176 Å². The molecule has 1 atom stereocenters. The number of benzene rings is 3. The largest absolute Gasteiger partial charge is 0.371 e. The first-order valence-corrected chi connectivity index (χ1v) is 10.3. The molecule has 5 rings (SSSR count). The third kappa shape index (κ3) is 2.65. The second-order valence-electron chi connectivity index (χ2n) is 7.42. The van der Waals surface area contributed by atoms with Gasteiger partial charge in [-0.25, -0.2) is 0 Å². The third-order valence-corrected chi connectivity index (χ3v) is 6.20. The number of aromatic amines is 1. The van der Waals surface area contributed by atoms with Crippen molar-refractivity contribution >= 4 is 38.4 Å². The first-order valence-electron chi connectivity index (χ1n) is 9.46. The van der Waals surface area contributed by atoms with E-state index in [1.54, 1.807) is 4.90 Å². The number of halogens is 1. The Morgan fingerprint density at radius 3 is 2.52 bits per heavy atom. The summed E-state index contributed by atoms with van der Waals surface area (Å²) in [4.78, 5) is 18.6. The standard InChI is InChI=1S/C24H19BrN2O2/c1-15-18-9-5-6-10-20(18)26-22(15)24(29)19-13-17(25)11-12-21(19)27(23(24)28)14-16-7-3-2-4-8-16/h2-13,26,29H,14H2,1H3. The van der Waals surface area contributed by atoms with E-state index in [1.807, 2.05) is 79.7 Å². The molecule has 144 valence electrons. The van der Waals surface area contributed by atoms with Crippen molar-refractivity contribution in [2.45, 2.75) is 19.1 Å². The van der Waals surface area contributed by atoms with E-state index >= 15 is 0 Å². The molecule has 0 spiro atoms. The van der Waals surface area contributed by atoms with Gasteiger partial charge in [0.25, 0.3) is 5.91 Å². The van der Waals surface area contributed by atoms with Crippen molar-refractivity contribution in [2.75, 3.05) is 4.90 Å². The molecule has 0 bridgehead atoms. The number of para-hydroxylation sites is 1. The number of fused-ring (bicyclic) bond motifs is 2. The highest BCUT2D eigenvalue weighted by Gasteiger charge is 2.53. The van der Waals surface area contributed by atoms with Crippen LogP contribution >= 0.6 is 15.9 Å². The lowest BCUT2D eigenvalue weighted by Crippen LogP contribution is -2.41. The Kier molecular flexibility index (Phi) is 4.12. The van der Waals surface area contributed by atoms with Gasteiger partial charge in [0.05, 0.1) is 17.9 Å². The number of amides is 1. The minimum atomic E-state index is -1.77. The fourth-order valence-electron chi connectivity index (χ4n) is 4.26. The summed E-state index contributed by atoms with van der Waals surface area (Å²) < 4.78 is 0.817. The van der Waals surface area contributed by atoms with Crippen LogP contribution in [0.4, 0.5) is 5.69 Å². The van der Waals surface area contributed by atoms with Crippen LogP contribution in [-0.2, 0) is 16.9 Å². The first-order chi connectivity index (χ1) is 14.0. The van der Waals surface area contributed by atoms with E-state index in [9.17, 15) is 9.90 Å². The Balaban J connectivity index is 1.71. The number of hydrogen-bond donors (Lipinski definition) is 2. The third-order valence-electron chi connectivity index (χ3n) is 5.70. The number of rotatable bonds is 3. The number of nitrogens with zero attached hydrogens (tertiary/aromatic N) is 1. The van der Waals surface area contributed by atoms with Crippen molar-refractivity contribution in [3.05, 3.63) is 99.7 Å². The van der Waals surface area contributed by atoms with Crippen LogP contribution in [0.5, 0.6) is 0 Å². The monoisotopic (exact) mass is 446 g/mol. The molecule has 4 aromatic rings. The van der Waals surface area contributed by atoms with Crippen molar-refractivity contribution in [1.82, 2.24) is 4.98 Å². The predicted octanol–water partition coefficient (Wildman–Crippen LogP) is 5.02. The molecule has 0 aliphatic carbocycles. The summed E-state index contributed by atoms with van der Waals surface area (Å²) in [6.07, 6.45) is 0. The van der Waals surface area contributed by atoms with Crippen LogP contribution in [0.25, 0.3) is 10.9 Å². The smallest absolute Gasteiger partial charge is 0.270 e. The number of H-pyrrole nitrogens is 1. The average Bonchev–Trinajstić information content (AvgIpc) is 3.18. The van der Waals surface area contributed by atoms with E-state index in [-0.39, 0.29) is 5.91 Å². The van der Waals surface area contributed by atoms with Crippen LogP contribution in [0.1, 0.15) is 22.4 Å². The summed E-state index contributed by atoms with van der Waals surface area (Å²) in [5.41, 5.74) is 2.86. The summed E-state index contributed by atoms with van der Waals surface area (Å²) in [6, 6.07) is 23.3. The van der Waals surface area contributed by atoms with Gasteiger partial charge in [-0.1, -0.05) is 64.5 Å². The van der Waals surface area contributed by atoms with Crippen LogP contribution in [0.15, 0.2) is 77.3 Å². The van der Waals surface area contributed by atoms with E-state index in [0.29, 0.717) is 17.8 Å². The number of aromatic nitrogens is 1. The van der Waals surface area contributed by atoms with Gasteiger partial charge < -0.3 is 15.0 Å². The van der Waals surface area contributed by atoms with Gasteiger partial charge in [0.2, 0.25) is 5.60 Å². The van der Waals surface area contributed by atoms with Gasteiger partial charge in [-0.15, -0.1) is 0 Å². The molecule has 2 heterocycles. The van der Waals surface area contributed by atoms with Gasteiger partial charge in [0.15, 0.2) is 0 Å². The van der Waals surface area contributed by atoms with E-state index < -0.39 is 5.60 Å². The summed E-state index contributed by atoms with van der Waals surface area (Å²) in [7, 11) is 0. The molecule has 1 aliphatic heterocycles. The zero-order chi connectivity index (χ0) is 20.2. The Morgan fingerprint density at radius 1 is 1.03 bits per heavy atom. The molecule has 0 fully saturated rings. The quantitative estimate of drug-likeness (QED) is 0.463. The number of nitrogens with one attached hydrogen (secondary N) is 1. The molecule has 1 unspecified atom stereocenters. The molecule has 0 saturated heterocycles. The van der Waals surface area contributed by atoms with Gasteiger partial charge in [0.1, 0.15) is 0 Å². The van der Waals surface area contributed by atoms with Crippen LogP contribution in [-0.4, -0.2) is 16.0 Å². The lowest BCUT2D eigenvalue weighted by Gasteiger charge is -2.23. The minimum Gasteiger partial charge on any atom is -0.371 e. The van der Waals surface area contributed by atoms with Gasteiger partial charge in [0, 0.05) is 20.9 Å². The zero-order valence-corrected chi connectivity index (χ0v) is 17.4. The average molecular weight is 447 g/mol. The topological polar surface area (TPSA) is 56.3 Å². The maximum Gasteiger partial charge on any atom is 0.270 e. The number of carbonyl (C=O) groups excluding carboxylic acids is 1. The highest BCUT2D eigenvalue weighted by Crippen LogP contribution is 2.47. The van der Waals surface area contributed by atoms with Crippen LogP contribution in [0, 0.1) is 6.92 Å². The number of anilines is 1. The molecule has 1 amide bonds. The van der Waals surface area contributed by atoms with Crippen molar-refractivity contribution in [3.8, 4) is 0 Å². The van der Waals surface area contributed by atoms with Crippen LogP contribution < -0.4 is 4.90 Å². The molecule has 1 aliphatic rings. The first kappa shape index (κ1) is 18.2. The minimum absolute atomic E-state index is 0.343. The van der Waals surface area contributed by atoms with Gasteiger partial charge in [-0.3, -0.25) is 4.79 Å². The Morgan fingerprint density at radius 2 is 1.76 bits per heavy atom. The van der Waals surface area contributed by atoms with Gasteiger partial charge >= 0.3 is 0 Å². The number of carbonyl (C=O) groups is 1. The molecule has 5 heteroatoms. The molecule has 0 radical (unpaired) electrons. The zero-order valence-electron chi connectivity index (χ0n) is 15.8. The molecule has 2 N–H and O–H groups in total. The maximum absolute atomic E-state index is 13.7. The predicted molar refractivity (Wildman–Crippen MR) is 118 cm³/mol. The van der Waals surface area contributed by atoms with Crippen LogP contribution in [0.2, 0.25) is 0 Å². The maximum atomic E-state index is 13.7. The fourth-order valence-corrected chi connectivity index (χ4v) is 4.62. The van der Waals surface area contributed by atoms with Gasteiger partial charge in [-0.05, 0) is 42.3 Å². The Bertz CT molecular complexity index is 1250.